The third kappa shape index (κ3) is 2.09. The first-order valence-corrected chi connectivity index (χ1v) is 8.22. The molecule has 4 heterocycles. The molecule has 2 aromatic rings. The fourth-order valence-corrected chi connectivity index (χ4v) is 4.59. The van der Waals surface area contributed by atoms with E-state index in [1.807, 2.05) is 18.2 Å². The minimum absolute atomic E-state index is 0.263. The maximum atomic E-state index is 6.02. The van der Waals surface area contributed by atoms with Crippen LogP contribution in [-0.4, -0.2) is 28.7 Å². The summed E-state index contributed by atoms with van der Waals surface area (Å²) in [7, 11) is 0. The molecule has 3 aliphatic rings. The van der Waals surface area contributed by atoms with E-state index >= 15 is 0 Å². The molecule has 0 saturated carbocycles. The number of halogens is 1. The van der Waals surface area contributed by atoms with Gasteiger partial charge >= 0.3 is 0 Å². The van der Waals surface area contributed by atoms with Gasteiger partial charge < -0.3 is 4.52 Å². The minimum atomic E-state index is 0.263. The third-order valence-corrected chi connectivity index (χ3v) is 5.99. The molecule has 0 aliphatic carbocycles. The summed E-state index contributed by atoms with van der Waals surface area (Å²) in [5.74, 6) is 1.48. The molecule has 1 unspecified atom stereocenters. The first-order valence-electron chi connectivity index (χ1n) is 7.84. The van der Waals surface area contributed by atoms with E-state index in [0.717, 1.165) is 29.0 Å². The number of hydrogen-bond acceptors (Lipinski definition) is 3. The van der Waals surface area contributed by atoms with E-state index in [1.165, 1.54) is 25.9 Å². The SMILES string of the molecule is CC1(C)C(Cc2noc3cc(Cl)ccc23)C2CCN1CC2. The molecule has 3 saturated heterocycles. The van der Waals surface area contributed by atoms with Gasteiger partial charge in [-0.15, -0.1) is 0 Å². The molecule has 1 atom stereocenters. The van der Waals surface area contributed by atoms with Gasteiger partial charge in [0.2, 0.25) is 0 Å². The van der Waals surface area contributed by atoms with Crippen molar-refractivity contribution in [3.8, 4) is 0 Å². The van der Waals surface area contributed by atoms with E-state index in [1.54, 1.807) is 0 Å². The van der Waals surface area contributed by atoms with Crippen LogP contribution in [-0.2, 0) is 6.42 Å². The first-order chi connectivity index (χ1) is 10.1. The second-order valence-electron chi connectivity index (χ2n) is 7.06. The van der Waals surface area contributed by atoms with Gasteiger partial charge in [0.1, 0.15) is 0 Å². The predicted octanol–water partition coefficient (Wildman–Crippen LogP) is 4.14. The number of hydrogen-bond donors (Lipinski definition) is 0. The molecular formula is C17H21ClN2O. The number of fused-ring (bicyclic) bond motifs is 4. The van der Waals surface area contributed by atoms with E-state index in [4.69, 9.17) is 16.1 Å². The largest absolute Gasteiger partial charge is 0.356 e. The van der Waals surface area contributed by atoms with Gasteiger partial charge in [-0.2, -0.15) is 0 Å². The number of nitrogens with zero attached hydrogens (tertiary/aromatic N) is 2. The highest BCUT2D eigenvalue weighted by atomic mass is 35.5. The lowest BCUT2D eigenvalue weighted by atomic mass is 9.65. The molecule has 0 N–H and O–H groups in total. The Bertz CT molecular complexity index is 670. The van der Waals surface area contributed by atoms with Crippen LogP contribution in [0.3, 0.4) is 0 Å². The summed E-state index contributed by atoms with van der Waals surface area (Å²) in [5, 5.41) is 6.15. The van der Waals surface area contributed by atoms with E-state index in [9.17, 15) is 0 Å². The third-order valence-electron chi connectivity index (χ3n) is 5.75. The lowest BCUT2D eigenvalue weighted by Crippen LogP contribution is -2.61. The van der Waals surface area contributed by atoms with Gasteiger partial charge in [0, 0.05) is 22.0 Å². The van der Waals surface area contributed by atoms with Crippen molar-refractivity contribution in [1.29, 1.82) is 0 Å². The van der Waals surface area contributed by atoms with Gasteiger partial charge in [-0.25, -0.2) is 0 Å². The summed E-state index contributed by atoms with van der Waals surface area (Å²) < 4.78 is 5.47. The quantitative estimate of drug-likeness (QED) is 0.835. The van der Waals surface area contributed by atoms with Crippen LogP contribution in [0.1, 0.15) is 32.4 Å². The van der Waals surface area contributed by atoms with Crippen LogP contribution >= 0.6 is 11.6 Å². The zero-order valence-electron chi connectivity index (χ0n) is 12.6. The zero-order valence-corrected chi connectivity index (χ0v) is 13.4. The predicted molar refractivity (Wildman–Crippen MR) is 84.6 cm³/mol. The van der Waals surface area contributed by atoms with Crippen molar-refractivity contribution in [1.82, 2.24) is 10.1 Å². The maximum absolute atomic E-state index is 6.02. The van der Waals surface area contributed by atoms with Crippen molar-refractivity contribution in [2.45, 2.75) is 38.6 Å². The van der Waals surface area contributed by atoms with Crippen LogP contribution < -0.4 is 0 Å². The Kier molecular flexibility index (Phi) is 3.05. The molecule has 4 heteroatoms. The average molecular weight is 305 g/mol. The van der Waals surface area contributed by atoms with Crippen LogP contribution in [0.15, 0.2) is 22.7 Å². The lowest BCUT2D eigenvalue weighted by molar-refractivity contribution is -0.0647. The summed E-state index contributed by atoms with van der Waals surface area (Å²) in [5.41, 5.74) is 2.16. The highest BCUT2D eigenvalue weighted by Crippen LogP contribution is 2.45. The zero-order chi connectivity index (χ0) is 14.6. The summed E-state index contributed by atoms with van der Waals surface area (Å²) in [6, 6.07) is 5.82. The number of rotatable bonds is 2. The number of benzene rings is 1. The van der Waals surface area contributed by atoms with Gasteiger partial charge in [-0.3, -0.25) is 4.90 Å². The van der Waals surface area contributed by atoms with Crippen molar-refractivity contribution < 1.29 is 4.52 Å². The monoisotopic (exact) mass is 304 g/mol. The molecule has 0 spiro atoms. The lowest BCUT2D eigenvalue weighted by Gasteiger charge is -2.56. The van der Waals surface area contributed by atoms with E-state index in [2.05, 4.69) is 23.9 Å². The van der Waals surface area contributed by atoms with Crippen molar-refractivity contribution in [2.24, 2.45) is 11.8 Å². The van der Waals surface area contributed by atoms with Crippen LogP contribution in [0, 0.1) is 11.8 Å². The number of aromatic nitrogens is 1. The molecule has 112 valence electrons. The number of piperidine rings is 3. The molecule has 3 aliphatic heterocycles. The Morgan fingerprint density at radius 2 is 2.10 bits per heavy atom. The molecule has 5 rings (SSSR count). The summed E-state index contributed by atoms with van der Waals surface area (Å²) in [6.07, 6.45) is 3.66. The molecule has 1 aromatic heterocycles. The van der Waals surface area contributed by atoms with Gasteiger partial charge in [0.25, 0.3) is 0 Å². The Morgan fingerprint density at radius 3 is 2.81 bits per heavy atom. The van der Waals surface area contributed by atoms with Gasteiger partial charge in [0.15, 0.2) is 5.58 Å². The summed E-state index contributed by atoms with van der Waals surface area (Å²) >= 11 is 6.02. The topological polar surface area (TPSA) is 29.3 Å². The molecule has 0 amide bonds. The second-order valence-corrected chi connectivity index (χ2v) is 7.49. The maximum Gasteiger partial charge on any atom is 0.168 e. The molecule has 21 heavy (non-hydrogen) atoms. The molecule has 0 radical (unpaired) electrons. The molecule has 1 aromatic carbocycles. The van der Waals surface area contributed by atoms with Crippen molar-refractivity contribution in [3.63, 3.8) is 0 Å². The Hall–Kier alpha value is -1.06. The normalized spacial score (nSPS) is 30.9. The Labute approximate surface area is 130 Å². The summed E-state index contributed by atoms with van der Waals surface area (Å²) in [4.78, 5) is 2.65. The fourth-order valence-electron chi connectivity index (χ4n) is 4.42. The summed E-state index contributed by atoms with van der Waals surface area (Å²) in [6.45, 7) is 7.29. The Morgan fingerprint density at radius 1 is 1.33 bits per heavy atom. The molecule has 3 fully saturated rings. The Balaban J connectivity index is 1.68. The van der Waals surface area contributed by atoms with E-state index < -0.39 is 0 Å². The standard InChI is InChI=1S/C17H21ClN2O/c1-17(2)14(11-5-7-20(17)8-6-11)10-15-13-4-3-12(18)9-16(13)21-19-15/h3-4,9,11,14H,5-8,10H2,1-2H3. The van der Waals surface area contributed by atoms with Gasteiger partial charge in [-0.05, 0) is 70.2 Å². The minimum Gasteiger partial charge on any atom is -0.356 e. The van der Waals surface area contributed by atoms with Crippen LogP contribution in [0.25, 0.3) is 11.0 Å². The van der Waals surface area contributed by atoms with Crippen LogP contribution in [0.5, 0.6) is 0 Å². The molecule has 3 nitrogen and oxygen atoms in total. The van der Waals surface area contributed by atoms with Gasteiger partial charge in [-0.1, -0.05) is 16.8 Å². The highest BCUT2D eigenvalue weighted by Gasteiger charge is 2.47. The highest BCUT2D eigenvalue weighted by molar-refractivity contribution is 6.31. The van der Waals surface area contributed by atoms with Crippen molar-refractivity contribution >= 4 is 22.6 Å². The van der Waals surface area contributed by atoms with Crippen molar-refractivity contribution in [3.05, 3.63) is 28.9 Å². The van der Waals surface area contributed by atoms with Crippen molar-refractivity contribution in [2.75, 3.05) is 13.1 Å². The van der Waals surface area contributed by atoms with E-state index in [-0.39, 0.29) is 5.54 Å². The van der Waals surface area contributed by atoms with Crippen LogP contribution in [0.4, 0.5) is 0 Å². The molecule has 2 bridgehead atoms. The smallest absolute Gasteiger partial charge is 0.168 e. The fraction of sp³-hybridized carbons (Fsp3) is 0.588. The van der Waals surface area contributed by atoms with Gasteiger partial charge in [0.05, 0.1) is 5.69 Å². The first kappa shape index (κ1) is 13.6. The van der Waals surface area contributed by atoms with Crippen LogP contribution in [0.2, 0.25) is 5.02 Å². The average Bonchev–Trinajstić information content (AvgIpc) is 2.85. The second kappa shape index (κ2) is 4.72. The molecular weight excluding hydrogens is 284 g/mol. The van der Waals surface area contributed by atoms with E-state index in [0.29, 0.717) is 10.9 Å².